The highest BCUT2D eigenvalue weighted by Crippen LogP contribution is 2.25. The molecule has 144 valence electrons. The van der Waals surface area contributed by atoms with Crippen molar-refractivity contribution >= 4 is 33.2 Å². The number of aryl methyl sites for hydroxylation is 2. The van der Waals surface area contributed by atoms with Crippen LogP contribution < -0.4 is 10.0 Å². The minimum absolute atomic E-state index is 0.00434. The van der Waals surface area contributed by atoms with E-state index in [1.54, 1.807) is 4.90 Å². The average Bonchev–Trinajstić information content (AvgIpc) is 2.62. The summed E-state index contributed by atoms with van der Waals surface area (Å²) in [7, 11) is -3.43. The third-order valence-corrected chi connectivity index (χ3v) is 6.10. The monoisotopic (exact) mass is 399 g/mol. The highest BCUT2D eigenvalue weighted by Gasteiger charge is 2.24. The lowest BCUT2D eigenvalue weighted by molar-refractivity contribution is -0.130. The second kappa shape index (κ2) is 8.88. The molecule has 2 rings (SSSR count). The first-order valence-electron chi connectivity index (χ1n) is 8.71. The van der Waals surface area contributed by atoms with E-state index < -0.39 is 10.0 Å². The number of hydrogen-bond acceptors (Lipinski definition) is 4. The lowest BCUT2D eigenvalue weighted by atomic mass is 10.1. The van der Waals surface area contributed by atoms with Gasteiger partial charge in [-0.2, -0.15) is 0 Å². The van der Waals surface area contributed by atoms with Crippen LogP contribution in [0.5, 0.6) is 0 Å². The number of piperidine rings is 1. The molecular weight excluding hydrogens is 374 g/mol. The lowest BCUT2D eigenvalue weighted by Crippen LogP contribution is -2.47. The number of carbonyl (C=O) groups is 1. The second-order valence-corrected chi connectivity index (χ2v) is 8.52. The van der Waals surface area contributed by atoms with Gasteiger partial charge in [-0.3, -0.25) is 4.79 Å². The van der Waals surface area contributed by atoms with Crippen LogP contribution in [-0.2, 0) is 21.2 Å². The Morgan fingerprint density at radius 2 is 2.04 bits per heavy atom. The van der Waals surface area contributed by atoms with E-state index in [1.807, 2.05) is 26.0 Å². The number of anilines is 1. The van der Waals surface area contributed by atoms with Gasteiger partial charge in [0.2, 0.25) is 15.9 Å². The summed E-state index contributed by atoms with van der Waals surface area (Å²) in [6, 6.07) is 3.74. The van der Waals surface area contributed by atoms with Gasteiger partial charge in [0.25, 0.3) is 0 Å². The van der Waals surface area contributed by atoms with E-state index in [1.165, 1.54) is 0 Å². The van der Waals surface area contributed by atoms with Crippen molar-refractivity contribution in [3.63, 3.8) is 0 Å². The van der Waals surface area contributed by atoms with Crippen LogP contribution in [0.2, 0.25) is 5.02 Å². The molecule has 0 spiro atoms. The van der Waals surface area contributed by atoms with Gasteiger partial charge in [-0.25, -0.2) is 13.1 Å². The van der Waals surface area contributed by atoms with Crippen molar-refractivity contribution in [1.29, 1.82) is 0 Å². The van der Waals surface area contributed by atoms with E-state index in [9.17, 15) is 13.2 Å². The molecule has 0 saturated carbocycles. The van der Waals surface area contributed by atoms with Crippen molar-refractivity contribution in [2.75, 3.05) is 25.0 Å². The zero-order valence-corrected chi connectivity index (χ0v) is 16.8. The van der Waals surface area contributed by atoms with Crippen LogP contribution in [0.25, 0.3) is 0 Å². The van der Waals surface area contributed by atoms with Crippen LogP contribution in [0, 0.1) is 6.92 Å². The lowest BCUT2D eigenvalue weighted by Gasteiger charge is -2.32. The molecule has 1 saturated heterocycles. The van der Waals surface area contributed by atoms with Crippen LogP contribution in [0.3, 0.4) is 0 Å². The number of hydrogen-bond donors (Lipinski definition) is 2. The van der Waals surface area contributed by atoms with E-state index >= 15 is 0 Å². The number of carbonyl (C=O) groups excluding carboxylic acids is 1. The normalized spacial score (nSPS) is 15.7. The molecule has 0 aromatic heterocycles. The highest BCUT2D eigenvalue weighted by atomic mass is 35.5. The summed E-state index contributed by atoms with van der Waals surface area (Å²) in [5, 5.41) is 4.85. The van der Waals surface area contributed by atoms with E-state index in [-0.39, 0.29) is 18.5 Å². The third-order valence-electron chi connectivity index (χ3n) is 4.59. The van der Waals surface area contributed by atoms with Gasteiger partial charge in [-0.05, 0) is 49.4 Å². The molecule has 8 heteroatoms. The maximum atomic E-state index is 12.5. The number of nitrogens with one attached hydrogen (secondary N) is 2. The zero-order valence-electron chi connectivity index (χ0n) is 15.2. The smallest absolute Gasteiger partial charge is 0.241 e. The highest BCUT2D eigenvalue weighted by molar-refractivity contribution is 7.92. The molecular formula is C18H26ClN3O3S. The van der Waals surface area contributed by atoms with Crippen molar-refractivity contribution < 1.29 is 13.2 Å². The fourth-order valence-corrected chi connectivity index (χ4v) is 3.97. The van der Waals surface area contributed by atoms with Gasteiger partial charge < -0.3 is 10.2 Å². The topological polar surface area (TPSA) is 78.5 Å². The Bertz CT molecular complexity index is 772. The van der Waals surface area contributed by atoms with Crippen LogP contribution in [0.1, 0.15) is 30.9 Å². The maximum Gasteiger partial charge on any atom is 0.241 e. The van der Waals surface area contributed by atoms with Gasteiger partial charge in [0.15, 0.2) is 0 Å². The first-order chi connectivity index (χ1) is 12.3. The Balaban J connectivity index is 1.88. The molecule has 1 aromatic carbocycles. The van der Waals surface area contributed by atoms with Crippen LogP contribution in [-0.4, -0.2) is 44.9 Å². The molecule has 2 N–H and O–H groups in total. The van der Waals surface area contributed by atoms with Crippen molar-refractivity contribution in [2.24, 2.45) is 0 Å². The van der Waals surface area contributed by atoms with Gasteiger partial charge >= 0.3 is 0 Å². The fraction of sp³-hybridized carbons (Fsp3) is 0.500. The van der Waals surface area contributed by atoms with E-state index in [0.717, 1.165) is 33.7 Å². The molecule has 1 amide bonds. The molecule has 0 aliphatic carbocycles. The molecule has 0 radical (unpaired) electrons. The third kappa shape index (κ3) is 5.46. The van der Waals surface area contributed by atoms with Crippen molar-refractivity contribution in [1.82, 2.24) is 9.62 Å². The number of nitrogens with zero attached hydrogens (tertiary/aromatic N) is 1. The average molecular weight is 400 g/mol. The number of sulfonamides is 1. The number of rotatable bonds is 7. The Morgan fingerprint density at radius 1 is 1.38 bits per heavy atom. The minimum atomic E-state index is -3.43. The van der Waals surface area contributed by atoms with Crippen LogP contribution in [0.15, 0.2) is 24.1 Å². The molecule has 6 nitrogen and oxygen atoms in total. The molecule has 0 bridgehead atoms. The summed E-state index contributed by atoms with van der Waals surface area (Å²) in [4.78, 5) is 14.2. The minimum Gasteiger partial charge on any atom is -0.376 e. The maximum absolute atomic E-state index is 12.5. The molecule has 1 aliphatic heterocycles. The largest absolute Gasteiger partial charge is 0.376 e. The van der Waals surface area contributed by atoms with E-state index in [0.29, 0.717) is 25.9 Å². The summed E-state index contributed by atoms with van der Waals surface area (Å²) in [5.41, 5.74) is 2.97. The van der Waals surface area contributed by atoms with Gasteiger partial charge in [0.05, 0.1) is 6.54 Å². The molecule has 1 aromatic rings. The Morgan fingerprint density at radius 3 is 2.62 bits per heavy atom. The van der Waals surface area contributed by atoms with Gasteiger partial charge in [0.1, 0.15) is 0 Å². The quantitative estimate of drug-likeness (QED) is 0.738. The Hall–Kier alpha value is -1.57. The number of benzene rings is 1. The van der Waals surface area contributed by atoms with E-state index in [2.05, 4.69) is 16.6 Å². The number of likely N-dealkylation sites (tertiary alicyclic amines) is 1. The Kier molecular flexibility index (Phi) is 7.08. The Labute approximate surface area is 160 Å². The van der Waals surface area contributed by atoms with Crippen LogP contribution in [0.4, 0.5) is 5.69 Å². The first-order valence-corrected chi connectivity index (χ1v) is 10.6. The number of halogens is 1. The first kappa shape index (κ1) is 20.7. The van der Waals surface area contributed by atoms with Crippen molar-refractivity contribution in [3.8, 4) is 0 Å². The predicted molar refractivity (Wildman–Crippen MR) is 106 cm³/mol. The van der Waals surface area contributed by atoms with Crippen LogP contribution >= 0.6 is 11.6 Å². The SMILES string of the molecule is C=CS(=O)(=O)NC1CCN(C(=O)CNc2cc(C)c(Cl)cc2CC)CC1. The van der Waals surface area contributed by atoms with E-state index in [4.69, 9.17) is 11.6 Å². The summed E-state index contributed by atoms with van der Waals surface area (Å²) in [5.74, 6) is 0.00434. The summed E-state index contributed by atoms with van der Waals surface area (Å²) in [6.07, 6.45) is 2.02. The van der Waals surface area contributed by atoms with Crippen molar-refractivity contribution in [3.05, 3.63) is 40.3 Å². The standard InChI is InChI=1S/C18H26ClN3O3S/c1-4-14-11-16(19)13(3)10-17(14)20-12-18(23)22-8-6-15(7-9-22)21-26(24,25)5-2/h5,10-11,15,20-21H,2,4,6-9,12H2,1,3H3. The van der Waals surface area contributed by atoms with Gasteiger partial charge in [0, 0.05) is 35.2 Å². The summed E-state index contributed by atoms with van der Waals surface area (Å²) < 4.78 is 25.6. The predicted octanol–water partition coefficient (Wildman–Crippen LogP) is 2.68. The number of amides is 1. The molecule has 0 unspecified atom stereocenters. The summed E-state index contributed by atoms with van der Waals surface area (Å²) >= 11 is 6.16. The molecule has 26 heavy (non-hydrogen) atoms. The van der Waals surface area contributed by atoms with Gasteiger partial charge in [-0.1, -0.05) is 25.1 Å². The second-order valence-electron chi connectivity index (χ2n) is 6.45. The fourth-order valence-electron chi connectivity index (χ4n) is 2.99. The molecule has 0 atom stereocenters. The molecule has 1 fully saturated rings. The van der Waals surface area contributed by atoms with Crippen molar-refractivity contribution in [2.45, 2.75) is 39.2 Å². The molecule has 1 aliphatic rings. The summed E-state index contributed by atoms with van der Waals surface area (Å²) in [6.45, 7) is 8.54. The van der Waals surface area contributed by atoms with Gasteiger partial charge in [-0.15, -0.1) is 0 Å². The molecule has 1 heterocycles. The zero-order chi connectivity index (χ0) is 19.3.